The minimum Gasteiger partial charge on any atom is -0.317 e. The number of ketones is 1. The van der Waals surface area contributed by atoms with Crippen LogP contribution in [-0.4, -0.2) is 18.9 Å². The fraction of sp³-hybridized carbons (Fsp3) is 0.667. The van der Waals surface area contributed by atoms with Crippen LogP contribution in [0.15, 0.2) is 12.2 Å². The van der Waals surface area contributed by atoms with Crippen LogP contribution in [0.5, 0.6) is 0 Å². The number of hydrogen-bond donors (Lipinski definition) is 1. The summed E-state index contributed by atoms with van der Waals surface area (Å²) in [6.07, 6.45) is 8.13. The van der Waals surface area contributed by atoms with E-state index in [0.717, 1.165) is 25.4 Å². The molecule has 0 spiro atoms. The van der Waals surface area contributed by atoms with Gasteiger partial charge in [0, 0.05) is 24.7 Å². The molecular weight excluding hydrogens is 210 g/mol. The van der Waals surface area contributed by atoms with E-state index in [-0.39, 0.29) is 11.8 Å². The minimum atomic E-state index is 0.0838. The molecule has 0 aromatic rings. The van der Waals surface area contributed by atoms with Crippen LogP contribution in [0.1, 0.15) is 32.6 Å². The monoisotopic (exact) mass is 231 g/mol. The van der Waals surface area contributed by atoms with Crippen LogP contribution in [0.4, 0.5) is 0 Å². The molecule has 92 valence electrons. The second-order valence-electron chi connectivity index (χ2n) is 5.13. The molecule has 2 aliphatic rings. The second-order valence-corrected chi connectivity index (χ2v) is 5.13. The van der Waals surface area contributed by atoms with Crippen molar-refractivity contribution in [2.45, 2.75) is 32.6 Å². The first-order valence-corrected chi connectivity index (χ1v) is 6.66. The predicted molar refractivity (Wildman–Crippen MR) is 69.4 cm³/mol. The lowest BCUT2D eigenvalue weighted by atomic mass is 9.84. The number of carbonyl (C=O) groups is 1. The van der Waals surface area contributed by atoms with Gasteiger partial charge in [-0.15, -0.1) is 5.92 Å². The van der Waals surface area contributed by atoms with Crippen LogP contribution in [0.2, 0.25) is 0 Å². The number of allylic oxidation sites excluding steroid dienone is 2. The highest BCUT2D eigenvalue weighted by molar-refractivity contribution is 5.84. The van der Waals surface area contributed by atoms with E-state index in [0.29, 0.717) is 12.2 Å². The number of carbonyl (C=O) groups excluding carboxylic acids is 1. The Morgan fingerprint density at radius 2 is 2.18 bits per heavy atom. The van der Waals surface area contributed by atoms with Gasteiger partial charge in [0.15, 0.2) is 0 Å². The summed E-state index contributed by atoms with van der Waals surface area (Å²) in [5.74, 6) is 7.88. The molecule has 2 heteroatoms. The van der Waals surface area contributed by atoms with Crippen molar-refractivity contribution in [3.63, 3.8) is 0 Å². The minimum absolute atomic E-state index is 0.0838. The maximum Gasteiger partial charge on any atom is 0.140 e. The Kier molecular flexibility index (Phi) is 4.39. The molecule has 2 rings (SSSR count). The molecule has 0 saturated carbocycles. The van der Waals surface area contributed by atoms with Gasteiger partial charge in [-0.2, -0.15) is 0 Å². The SMILES string of the molecule is CC1C(=O)CC=CC1C#CCC1CCNCC1. The molecule has 0 aromatic carbocycles. The second kappa shape index (κ2) is 6.02. The normalized spacial score (nSPS) is 29.8. The highest BCUT2D eigenvalue weighted by atomic mass is 16.1. The summed E-state index contributed by atoms with van der Waals surface area (Å²) in [5.41, 5.74) is 0. The summed E-state index contributed by atoms with van der Waals surface area (Å²) in [6, 6.07) is 0. The van der Waals surface area contributed by atoms with Crippen LogP contribution in [0, 0.1) is 29.6 Å². The van der Waals surface area contributed by atoms with Crippen LogP contribution in [0.25, 0.3) is 0 Å². The van der Waals surface area contributed by atoms with E-state index in [9.17, 15) is 4.79 Å². The Balaban J connectivity index is 1.85. The maximum atomic E-state index is 11.5. The summed E-state index contributed by atoms with van der Waals surface area (Å²) in [7, 11) is 0. The van der Waals surface area contributed by atoms with Gasteiger partial charge < -0.3 is 5.32 Å². The van der Waals surface area contributed by atoms with Crippen molar-refractivity contribution in [2.75, 3.05) is 13.1 Å². The van der Waals surface area contributed by atoms with Crippen molar-refractivity contribution in [1.82, 2.24) is 5.32 Å². The Bertz CT molecular complexity index is 355. The first-order valence-electron chi connectivity index (χ1n) is 6.66. The van der Waals surface area contributed by atoms with Crippen molar-refractivity contribution < 1.29 is 4.79 Å². The van der Waals surface area contributed by atoms with E-state index < -0.39 is 0 Å². The average molecular weight is 231 g/mol. The third-order valence-corrected chi connectivity index (χ3v) is 3.83. The van der Waals surface area contributed by atoms with Crippen molar-refractivity contribution in [3.05, 3.63) is 12.2 Å². The molecule has 2 unspecified atom stereocenters. The molecule has 0 radical (unpaired) electrons. The lowest BCUT2D eigenvalue weighted by Gasteiger charge is -2.21. The lowest BCUT2D eigenvalue weighted by molar-refractivity contribution is -0.122. The first kappa shape index (κ1) is 12.4. The molecule has 1 N–H and O–H groups in total. The van der Waals surface area contributed by atoms with Crippen molar-refractivity contribution in [2.24, 2.45) is 17.8 Å². The van der Waals surface area contributed by atoms with E-state index in [2.05, 4.69) is 23.2 Å². The van der Waals surface area contributed by atoms with Crippen LogP contribution >= 0.6 is 0 Å². The predicted octanol–water partition coefficient (Wildman–Crippen LogP) is 2.16. The van der Waals surface area contributed by atoms with Crippen LogP contribution in [-0.2, 0) is 4.79 Å². The zero-order valence-electron chi connectivity index (χ0n) is 10.5. The molecule has 0 bridgehead atoms. The topological polar surface area (TPSA) is 29.1 Å². The summed E-state index contributed by atoms with van der Waals surface area (Å²) in [6.45, 7) is 4.25. The molecule has 1 fully saturated rings. The third-order valence-electron chi connectivity index (χ3n) is 3.83. The quantitative estimate of drug-likeness (QED) is 0.553. The summed E-state index contributed by atoms with van der Waals surface area (Å²) < 4.78 is 0. The van der Waals surface area contributed by atoms with Gasteiger partial charge in [0.1, 0.15) is 5.78 Å². The highest BCUT2D eigenvalue weighted by Gasteiger charge is 2.22. The van der Waals surface area contributed by atoms with E-state index in [1.807, 2.05) is 13.0 Å². The molecular formula is C15H21NO. The summed E-state index contributed by atoms with van der Waals surface area (Å²) in [5, 5.41) is 3.36. The highest BCUT2D eigenvalue weighted by Crippen LogP contribution is 2.21. The fourth-order valence-corrected chi connectivity index (χ4v) is 2.46. The zero-order valence-corrected chi connectivity index (χ0v) is 10.5. The molecule has 0 aromatic heterocycles. The summed E-state index contributed by atoms with van der Waals surface area (Å²) in [4.78, 5) is 11.5. The Labute approximate surface area is 104 Å². The Morgan fingerprint density at radius 1 is 1.41 bits per heavy atom. The van der Waals surface area contributed by atoms with Crippen molar-refractivity contribution in [3.8, 4) is 11.8 Å². The van der Waals surface area contributed by atoms with Crippen molar-refractivity contribution >= 4 is 5.78 Å². The van der Waals surface area contributed by atoms with Gasteiger partial charge in [0.05, 0.1) is 0 Å². The lowest BCUT2D eigenvalue weighted by Crippen LogP contribution is -2.27. The van der Waals surface area contributed by atoms with E-state index in [1.165, 1.54) is 12.8 Å². The number of rotatable bonds is 1. The van der Waals surface area contributed by atoms with E-state index in [4.69, 9.17) is 0 Å². The molecule has 2 nitrogen and oxygen atoms in total. The molecule has 17 heavy (non-hydrogen) atoms. The van der Waals surface area contributed by atoms with Gasteiger partial charge in [-0.1, -0.05) is 25.0 Å². The number of Topliss-reactive ketones (excluding diaryl/α,β-unsaturated/α-hetero) is 1. The van der Waals surface area contributed by atoms with E-state index >= 15 is 0 Å². The third kappa shape index (κ3) is 3.44. The van der Waals surface area contributed by atoms with Crippen molar-refractivity contribution in [1.29, 1.82) is 0 Å². The maximum absolute atomic E-state index is 11.5. The van der Waals surface area contributed by atoms with Crippen LogP contribution < -0.4 is 5.32 Å². The van der Waals surface area contributed by atoms with Gasteiger partial charge in [0.2, 0.25) is 0 Å². The number of hydrogen-bond acceptors (Lipinski definition) is 2. The van der Waals surface area contributed by atoms with Gasteiger partial charge in [0.25, 0.3) is 0 Å². The van der Waals surface area contributed by atoms with Crippen LogP contribution in [0.3, 0.4) is 0 Å². The zero-order chi connectivity index (χ0) is 12.1. The molecule has 1 heterocycles. The fourth-order valence-electron chi connectivity index (χ4n) is 2.46. The molecule has 1 aliphatic heterocycles. The smallest absolute Gasteiger partial charge is 0.140 e. The average Bonchev–Trinajstić information content (AvgIpc) is 2.36. The Hall–Kier alpha value is -1.07. The summed E-state index contributed by atoms with van der Waals surface area (Å²) >= 11 is 0. The Morgan fingerprint density at radius 3 is 2.94 bits per heavy atom. The number of piperidine rings is 1. The van der Waals surface area contributed by atoms with Gasteiger partial charge in [-0.05, 0) is 31.8 Å². The van der Waals surface area contributed by atoms with Gasteiger partial charge in [-0.3, -0.25) is 4.79 Å². The molecule has 0 amide bonds. The molecule has 1 aliphatic carbocycles. The van der Waals surface area contributed by atoms with Gasteiger partial charge in [-0.25, -0.2) is 0 Å². The number of nitrogens with one attached hydrogen (secondary N) is 1. The van der Waals surface area contributed by atoms with E-state index in [1.54, 1.807) is 0 Å². The molecule has 1 saturated heterocycles. The standard InChI is InChI=1S/C15H21NO/c1-12-14(6-3-7-15(12)17)5-2-4-13-8-10-16-11-9-13/h3,6,12-14,16H,4,7-11H2,1H3. The largest absolute Gasteiger partial charge is 0.317 e. The first-order chi connectivity index (χ1) is 8.27. The molecule has 2 atom stereocenters. The van der Waals surface area contributed by atoms with Gasteiger partial charge >= 0.3 is 0 Å².